The molecule has 1 unspecified atom stereocenters. The van der Waals surface area contributed by atoms with E-state index in [1.807, 2.05) is 38.2 Å². The van der Waals surface area contributed by atoms with Crippen molar-refractivity contribution in [3.05, 3.63) is 24.3 Å². The van der Waals surface area contributed by atoms with Gasteiger partial charge in [0.05, 0.1) is 6.10 Å². The minimum absolute atomic E-state index is 0.0313. The second-order valence-electron chi connectivity index (χ2n) is 5.50. The second kappa shape index (κ2) is 7.29. The summed E-state index contributed by atoms with van der Waals surface area (Å²) in [6.07, 6.45) is 5.20. The maximum atomic E-state index is 11.9. The Morgan fingerprint density at radius 1 is 1.30 bits per heavy atom. The van der Waals surface area contributed by atoms with Crippen LogP contribution in [0.4, 0.5) is 5.69 Å². The molecule has 2 N–H and O–H groups in total. The van der Waals surface area contributed by atoms with Gasteiger partial charge in [0, 0.05) is 18.2 Å². The molecule has 0 aliphatic heterocycles. The average Bonchev–Trinajstić information content (AvgIpc) is 2.94. The molecule has 0 spiro atoms. The van der Waals surface area contributed by atoms with Crippen molar-refractivity contribution in [2.45, 2.75) is 38.7 Å². The van der Waals surface area contributed by atoms with Crippen LogP contribution >= 0.6 is 0 Å². The van der Waals surface area contributed by atoms with Crippen LogP contribution in [0.2, 0.25) is 0 Å². The molecule has 1 amide bonds. The van der Waals surface area contributed by atoms with Crippen LogP contribution in [-0.2, 0) is 4.79 Å². The first-order chi connectivity index (χ1) is 9.69. The minimum atomic E-state index is -0.0468. The van der Waals surface area contributed by atoms with E-state index in [4.69, 9.17) is 4.74 Å². The number of amides is 1. The zero-order valence-corrected chi connectivity index (χ0v) is 12.3. The number of ether oxygens (including phenoxy) is 1. The van der Waals surface area contributed by atoms with Gasteiger partial charge in [0.1, 0.15) is 5.75 Å². The van der Waals surface area contributed by atoms with E-state index in [1.54, 1.807) is 0 Å². The van der Waals surface area contributed by atoms with E-state index >= 15 is 0 Å². The Labute approximate surface area is 120 Å². The van der Waals surface area contributed by atoms with E-state index in [1.165, 1.54) is 12.8 Å². The molecule has 110 valence electrons. The van der Waals surface area contributed by atoms with Gasteiger partial charge in [0.2, 0.25) is 5.91 Å². The van der Waals surface area contributed by atoms with E-state index in [9.17, 15) is 4.79 Å². The van der Waals surface area contributed by atoms with Gasteiger partial charge in [0.15, 0.2) is 0 Å². The highest BCUT2D eigenvalue weighted by molar-refractivity contribution is 5.92. The van der Waals surface area contributed by atoms with Gasteiger partial charge in [-0.15, -0.1) is 0 Å². The van der Waals surface area contributed by atoms with Gasteiger partial charge < -0.3 is 15.4 Å². The Morgan fingerprint density at radius 2 is 1.95 bits per heavy atom. The van der Waals surface area contributed by atoms with E-state index in [0.29, 0.717) is 12.6 Å². The normalized spacial score (nSPS) is 16.9. The fourth-order valence-corrected chi connectivity index (χ4v) is 2.48. The molecule has 1 aromatic carbocycles. The molecule has 4 nitrogen and oxygen atoms in total. The summed E-state index contributed by atoms with van der Waals surface area (Å²) in [6.45, 7) is 2.58. The van der Waals surface area contributed by atoms with Crippen LogP contribution in [0.5, 0.6) is 5.75 Å². The molecule has 1 fully saturated rings. The van der Waals surface area contributed by atoms with Crippen LogP contribution in [0.25, 0.3) is 0 Å². The third-order valence-corrected chi connectivity index (χ3v) is 3.68. The van der Waals surface area contributed by atoms with Crippen LogP contribution in [0.15, 0.2) is 24.3 Å². The number of rotatable bonds is 6. The number of nitrogens with one attached hydrogen (secondary N) is 2. The summed E-state index contributed by atoms with van der Waals surface area (Å²) in [5.41, 5.74) is 0.816. The molecule has 1 aromatic rings. The van der Waals surface area contributed by atoms with Gasteiger partial charge >= 0.3 is 0 Å². The number of benzene rings is 1. The smallest absolute Gasteiger partial charge is 0.228 e. The van der Waals surface area contributed by atoms with Crippen LogP contribution < -0.4 is 15.4 Å². The summed E-state index contributed by atoms with van der Waals surface area (Å²) in [5.74, 6) is 0.872. The standard InChI is InChI=1S/C16H24N2O2/c1-12(11-17-2)16(19)18-13-7-9-15(10-8-13)20-14-5-3-4-6-14/h7-10,12,14,17H,3-6,11H2,1-2H3,(H,18,19). The zero-order valence-electron chi connectivity index (χ0n) is 12.3. The van der Waals surface area contributed by atoms with Gasteiger partial charge in [-0.3, -0.25) is 4.79 Å². The zero-order chi connectivity index (χ0) is 14.4. The molecule has 1 atom stereocenters. The van der Waals surface area contributed by atoms with Crippen LogP contribution in [0.3, 0.4) is 0 Å². The number of hydrogen-bond acceptors (Lipinski definition) is 3. The summed E-state index contributed by atoms with van der Waals surface area (Å²) < 4.78 is 5.90. The first-order valence-corrected chi connectivity index (χ1v) is 7.41. The third kappa shape index (κ3) is 4.23. The quantitative estimate of drug-likeness (QED) is 0.840. The molecule has 1 saturated carbocycles. The van der Waals surface area contributed by atoms with Gasteiger partial charge in [-0.2, -0.15) is 0 Å². The topological polar surface area (TPSA) is 50.4 Å². The summed E-state index contributed by atoms with van der Waals surface area (Å²) in [6, 6.07) is 7.65. The van der Waals surface area contributed by atoms with E-state index in [0.717, 1.165) is 24.3 Å². The van der Waals surface area contributed by atoms with Crippen molar-refractivity contribution in [2.75, 3.05) is 18.9 Å². The fraction of sp³-hybridized carbons (Fsp3) is 0.562. The van der Waals surface area contributed by atoms with Gasteiger partial charge in [0.25, 0.3) is 0 Å². The average molecular weight is 276 g/mol. The maximum Gasteiger partial charge on any atom is 0.228 e. The first-order valence-electron chi connectivity index (χ1n) is 7.41. The van der Waals surface area contributed by atoms with Crippen molar-refractivity contribution in [1.82, 2.24) is 5.32 Å². The van der Waals surface area contributed by atoms with Crippen LogP contribution in [0, 0.1) is 5.92 Å². The molecule has 0 bridgehead atoms. The largest absolute Gasteiger partial charge is 0.490 e. The van der Waals surface area contributed by atoms with Gasteiger partial charge in [-0.05, 0) is 57.0 Å². The van der Waals surface area contributed by atoms with E-state index < -0.39 is 0 Å². The van der Waals surface area contributed by atoms with Crippen molar-refractivity contribution >= 4 is 11.6 Å². The summed E-state index contributed by atoms with van der Waals surface area (Å²) in [7, 11) is 1.85. The molecule has 0 aromatic heterocycles. The van der Waals surface area contributed by atoms with Crippen molar-refractivity contribution in [2.24, 2.45) is 5.92 Å². The number of carbonyl (C=O) groups excluding carboxylic acids is 1. The highest BCUT2D eigenvalue weighted by Gasteiger charge is 2.16. The Morgan fingerprint density at radius 3 is 2.55 bits per heavy atom. The Balaban J connectivity index is 1.86. The molecular formula is C16H24N2O2. The number of carbonyl (C=O) groups is 1. The SMILES string of the molecule is CNCC(C)C(=O)Nc1ccc(OC2CCCC2)cc1. The Hall–Kier alpha value is -1.55. The molecule has 0 heterocycles. The van der Waals surface area contributed by atoms with Crippen molar-refractivity contribution in [1.29, 1.82) is 0 Å². The number of hydrogen-bond donors (Lipinski definition) is 2. The lowest BCUT2D eigenvalue weighted by atomic mass is 10.1. The van der Waals surface area contributed by atoms with Gasteiger partial charge in [-0.25, -0.2) is 0 Å². The summed E-state index contributed by atoms with van der Waals surface area (Å²) in [5, 5.41) is 5.92. The number of anilines is 1. The van der Waals surface area contributed by atoms with Gasteiger partial charge in [-0.1, -0.05) is 6.92 Å². The Bertz CT molecular complexity index is 425. The molecule has 2 rings (SSSR count). The molecule has 20 heavy (non-hydrogen) atoms. The lowest BCUT2D eigenvalue weighted by Crippen LogP contribution is -2.28. The minimum Gasteiger partial charge on any atom is -0.490 e. The summed E-state index contributed by atoms with van der Waals surface area (Å²) in [4.78, 5) is 11.9. The van der Waals surface area contributed by atoms with Crippen molar-refractivity contribution < 1.29 is 9.53 Å². The van der Waals surface area contributed by atoms with Crippen molar-refractivity contribution in [3.8, 4) is 5.75 Å². The van der Waals surface area contributed by atoms with E-state index in [-0.39, 0.29) is 11.8 Å². The maximum absolute atomic E-state index is 11.9. The van der Waals surface area contributed by atoms with Crippen molar-refractivity contribution in [3.63, 3.8) is 0 Å². The molecule has 0 saturated heterocycles. The lowest BCUT2D eigenvalue weighted by Gasteiger charge is -2.14. The highest BCUT2D eigenvalue weighted by Crippen LogP contribution is 2.25. The highest BCUT2D eigenvalue weighted by atomic mass is 16.5. The van der Waals surface area contributed by atoms with E-state index in [2.05, 4.69) is 10.6 Å². The monoisotopic (exact) mass is 276 g/mol. The molecule has 1 aliphatic carbocycles. The van der Waals surface area contributed by atoms with Crippen LogP contribution in [0.1, 0.15) is 32.6 Å². The molecule has 0 radical (unpaired) electrons. The second-order valence-corrected chi connectivity index (χ2v) is 5.50. The van der Waals surface area contributed by atoms with Crippen LogP contribution in [-0.4, -0.2) is 25.6 Å². The lowest BCUT2D eigenvalue weighted by molar-refractivity contribution is -0.119. The third-order valence-electron chi connectivity index (χ3n) is 3.68. The molecule has 1 aliphatic rings. The summed E-state index contributed by atoms with van der Waals surface area (Å²) >= 11 is 0. The molecule has 4 heteroatoms. The predicted octanol–water partition coefficient (Wildman–Crippen LogP) is 2.80. The fourth-order valence-electron chi connectivity index (χ4n) is 2.48. The first kappa shape index (κ1) is 14.9. The predicted molar refractivity (Wildman–Crippen MR) is 81.0 cm³/mol. The Kier molecular flexibility index (Phi) is 5.41. The molecular weight excluding hydrogens is 252 g/mol.